The van der Waals surface area contributed by atoms with Crippen LogP contribution in [0.2, 0.25) is 5.02 Å². The van der Waals surface area contributed by atoms with Crippen LogP contribution in [0.15, 0.2) is 48.7 Å². The van der Waals surface area contributed by atoms with Crippen LogP contribution in [0.5, 0.6) is 11.5 Å². The van der Waals surface area contributed by atoms with Crippen molar-refractivity contribution in [2.75, 3.05) is 14.2 Å². The van der Waals surface area contributed by atoms with Crippen LogP contribution in [0.1, 0.15) is 15.9 Å². The molecule has 0 atom stereocenters. The van der Waals surface area contributed by atoms with E-state index >= 15 is 0 Å². The predicted octanol–water partition coefficient (Wildman–Crippen LogP) is 4.73. The Morgan fingerprint density at radius 2 is 1.88 bits per heavy atom. The third-order valence-electron chi connectivity index (χ3n) is 3.74. The van der Waals surface area contributed by atoms with Crippen molar-refractivity contribution in [2.24, 2.45) is 0 Å². The van der Waals surface area contributed by atoms with E-state index in [4.69, 9.17) is 21.1 Å². The maximum atomic E-state index is 12.5. The number of rotatable bonds is 5. The minimum Gasteiger partial charge on any atom is -0.493 e. The second kappa shape index (κ2) is 6.81. The van der Waals surface area contributed by atoms with E-state index in [-0.39, 0.29) is 5.78 Å². The van der Waals surface area contributed by atoms with Gasteiger partial charge in [-0.05, 0) is 35.9 Å². The predicted molar refractivity (Wildman–Crippen MR) is 96.2 cm³/mol. The molecule has 0 spiro atoms. The number of allylic oxidation sites excluding steroid dienone is 1. The van der Waals surface area contributed by atoms with Crippen molar-refractivity contribution in [3.8, 4) is 11.5 Å². The highest BCUT2D eigenvalue weighted by Gasteiger charge is 2.10. The number of ketones is 1. The normalized spacial score (nSPS) is 11.1. The fourth-order valence-electron chi connectivity index (χ4n) is 2.52. The highest BCUT2D eigenvalue weighted by Crippen LogP contribution is 2.28. The summed E-state index contributed by atoms with van der Waals surface area (Å²) in [5.41, 5.74) is 2.30. The van der Waals surface area contributed by atoms with Crippen molar-refractivity contribution in [1.82, 2.24) is 4.98 Å². The number of fused-ring (bicyclic) bond motifs is 1. The Morgan fingerprint density at radius 1 is 1.08 bits per heavy atom. The lowest BCUT2D eigenvalue weighted by atomic mass is 10.1. The number of carbonyl (C=O) groups excluding carboxylic acids is 1. The van der Waals surface area contributed by atoms with Gasteiger partial charge in [-0.3, -0.25) is 4.79 Å². The largest absolute Gasteiger partial charge is 0.493 e. The first-order chi connectivity index (χ1) is 11.6. The first-order valence-corrected chi connectivity index (χ1v) is 7.71. The van der Waals surface area contributed by atoms with Gasteiger partial charge in [0.25, 0.3) is 0 Å². The van der Waals surface area contributed by atoms with Gasteiger partial charge in [-0.1, -0.05) is 29.8 Å². The third-order valence-corrected chi connectivity index (χ3v) is 3.98. The van der Waals surface area contributed by atoms with Crippen LogP contribution in [0.25, 0.3) is 17.0 Å². The molecule has 1 N–H and O–H groups in total. The standard InChI is InChI=1S/C19H16ClNO3/c1-23-18-8-4-12(9-19(18)24-2)3-7-17(22)15-11-21-16-10-13(20)5-6-14(15)16/h3-11,21H,1-2H3/b7-3+. The first-order valence-electron chi connectivity index (χ1n) is 7.33. The number of hydrogen-bond donors (Lipinski definition) is 1. The number of methoxy groups -OCH3 is 2. The molecule has 0 unspecified atom stereocenters. The highest BCUT2D eigenvalue weighted by atomic mass is 35.5. The summed E-state index contributed by atoms with van der Waals surface area (Å²) >= 11 is 5.96. The van der Waals surface area contributed by atoms with Gasteiger partial charge in [0.2, 0.25) is 0 Å². The van der Waals surface area contributed by atoms with Gasteiger partial charge in [0.15, 0.2) is 17.3 Å². The number of ether oxygens (including phenoxy) is 2. The number of H-pyrrole nitrogens is 1. The average molecular weight is 342 g/mol. The fraction of sp³-hybridized carbons (Fsp3) is 0.105. The van der Waals surface area contributed by atoms with Crippen molar-refractivity contribution in [2.45, 2.75) is 0 Å². The summed E-state index contributed by atoms with van der Waals surface area (Å²) in [7, 11) is 3.16. The van der Waals surface area contributed by atoms with Gasteiger partial charge >= 0.3 is 0 Å². The number of aromatic nitrogens is 1. The molecule has 0 bridgehead atoms. The quantitative estimate of drug-likeness (QED) is 0.539. The number of benzene rings is 2. The SMILES string of the molecule is COc1ccc(/C=C/C(=O)c2c[nH]c3cc(Cl)ccc23)cc1OC. The van der Waals surface area contributed by atoms with Crippen molar-refractivity contribution >= 4 is 34.4 Å². The Bertz CT molecular complexity index is 928. The minimum atomic E-state index is -0.0849. The number of halogens is 1. The molecule has 0 aliphatic carbocycles. The summed E-state index contributed by atoms with van der Waals surface area (Å²) in [6, 6.07) is 10.9. The third kappa shape index (κ3) is 3.14. The smallest absolute Gasteiger partial charge is 0.187 e. The van der Waals surface area contributed by atoms with Gasteiger partial charge in [0.1, 0.15) is 0 Å². The molecule has 0 fully saturated rings. The van der Waals surface area contributed by atoms with Gasteiger partial charge in [-0.25, -0.2) is 0 Å². The molecule has 3 aromatic rings. The molecule has 24 heavy (non-hydrogen) atoms. The fourth-order valence-corrected chi connectivity index (χ4v) is 2.69. The van der Waals surface area contributed by atoms with Crippen LogP contribution in [0.3, 0.4) is 0 Å². The lowest BCUT2D eigenvalue weighted by Crippen LogP contribution is -1.93. The van der Waals surface area contributed by atoms with Crippen LogP contribution >= 0.6 is 11.6 Å². The molecular weight excluding hydrogens is 326 g/mol. The summed E-state index contributed by atoms with van der Waals surface area (Å²) in [6.45, 7) is 0. The summed E-state index contributed by atoms with van der Waals surface area (Å²) in [4.78, 5) is 15.5. The zero-order chi connectivity index (χ0) is 17.1. The zero-order valence-electron chi connectivity index (χ0n) is 13.3. The molecule has 3 rings (SSSR count). The van der Waals surface area contributed by atoms with E-state index in [9.17, 15) is 4.79 Å². The number of carbonyl (C=O) groups is 1. The minimum absolute atomic E-state index is 0.0849. The molecule has 122 valence electrons. The molecule has 1 heterocycles. The molecule has 0 saturated carbocycles. The summed E-state index contributed by atoms with van der Waals surface area (Å²) < 4.78 is 10.5. The van der Waals surface area contributed by atoms with E-state index in [2.05, 4.69) is 4.98 Å². The van der Waals surface area contributed by atoms with Crippen LogP contribution in [0, 0.1) is 0 Å². The molecule has 0 amide bonds. The van der Waals surface area contributed by atoms with Gasteiger partial charge in [0.05, 0.1) is 14.2 Å². The van der Waals surface area contributed by atoms with Gasteiger partial charge in [0, 0.05) is 27.7 Å². The number of aromatic amines is 1. The van der Waals surface area contributed by atoms with Crippen LogP contribution < -0.4 is 9.47 Å². The van der Waals surface area contributed by atoms with Gasteiger partial charge < -0.3 is 14.5 Å². The van der Waals surface area contributed by atoms with E-state index in [1.54, 1.807) is 50.8 Å². The maximum Gasteiger partial charge on any atom is 0.187 e. The Balaban J connectivity index is 1.87. The summed E-state index contributed by atoms with van der Waals surface area (Å²) in [5, 5.41) is 1.48. The second-order valence-corrected chi connectivity index (χ2v) is 5.64. The zero-order valence-corrected chi connectivity index (χ0v) is 14.1. The molecule has 4 nitrogen and oxygen atoms in total. The Morgan fingerprint density at radius 3 is 2.62 bits per heavy atom. The van der Waals surface area contributed by atoms with E-state index in [0.29, 0.717) is 22.1 Å². The van der Waals surface area contributed by atoms with Crippen molar-refractivity contribution < 1.29 is 14.3 Å². The van der Waals surface area contributed by atoms with Crippen molar-refractivity contribution in [1.29, 1.82) is 0 Å². The molecule has 0 radical (unpaired) electrons. The van der Waals surface area contributed by atoms with Crippen LogP contribution in [-0.4, -0.2) is 25.0 Å². The molecular formula is C19H16ClNO3. The number of hydrogen-bond acceptors (Lipinski definition) is 3. The van der Waals surface area contributed by atoms with E-state index < -0.39 is 0 Å². The Hall–Kier alpha value is -2.72. The lowest BCUT2D eigenvalue weighted by Gasteiger charge is -2.07. The monoisotopic (exact) mass is 341 g/mol. The number of nitrogens with one attached hydrogen (secondary N) is 1. The lowest BCUT2D eigenvalue weighted by molar-refractivity contribution is 0.104. The molecule has 0 aliphatic heterocycles. The topological polar surface area (TPSA) is 51.3 Å². The molecule has 5 heteroatoms. The highest BCUT2D eigenvalue weighted by molar-refractivity contribution is 6.31. The van der Waals surface area contributed by atoms with Gasteiger partial charge in [-0.15, -0.1) is 0 Å². The van der Waals surface area contributed by atoms with Crippen LogP contribution in [0.4, 0.5) is 0 Å². The molecule has 0 aliphatic rings. The second-order valence-electron chi connectivity index (χ2n) is 5.20. The maximum absolute atomic E-state index is 12.5. The van der Waals surface area contributed by atoms with E-state index in [0.717, 1.165) is 16.5 Å². The van der Waals surface area contributed by atoms with E-state index in [1.807, 2.05) is 18.2 Å². The Labute approximate surface area is 144 Å². The first kappa shape index (κ1) is 16.1. The average Bonchev–Trinajstić information content (AvgIpc) is 3.02. The summed E-state index contributed by atoms with van der Waals surface area (Å²) in [6.07, 6.45) is 4.99. The molecule has 1 aromatic heterocycles. The van der Waals surface area contributed by atoms with Crippen molar-refractivity contribution in [3.05, 3.63) is 64.8 Å². The molecule has 0 saturated heterocycles. The van der Waals surface area contributed by atoms with Gasteiger partial charge in [-0.2, -0.15) is 0 Å². The summed E-state index contributed by atoms with van der Waals surface area (Å²) in [5.74, 6) is 1.18. The van der Waals surface area contributed by atoms with Crippen LogP contribution in [-0.2, 0) is 0 Å². The van der Waals surface area contributed by atoms with Crippen molar-refractivity contribution in [3.63, 3.8) is 0 Å². The Kier molecular flexibility index (Phi) is 4.58. The van der Waals surface area contributed by atoms with E-state index in [1.165, 1.54) is 0 Å². The molecule has 2 aromatic carbocycles.